The smallest absolute Gasteiger partial charge is 0.337 e. The molecule has 1 aliphatic heterocycles. The quantitative estimate of drug-likeness (QED) is 0.771. The van der Waals surface area contributed by atoms with Crippen molar-refractivity contribution in [3.05, 3.63) is 29.3 Å². The Labute approximate surface area is 112 Å². The van der Waals surface area contributed by atoms with Crippen LogP contribution in [0.4, 0.5) is 5.69 Å². The molecule has 102 valence electrons. The van der Waals surface area contributed by atoms with Gasteiger partial charge in [0.05, 0.1) is 17.2 Å². The molecule has 1 fully saturated rings. The summed E-state index contributed by atoms with van der Waals surface area (Å²) in [6, 6.07) is 5.00. The van der Waals surface area contributed by atoms with Gasteiger partial charge in [-0.05, 0) is 31.5 Å². The number of carboxylic acid groups (broad SMARTS) is 1. The minimum Gasteiger partial charge on any atom is -0.478 e. The maximum atomic E-state index is 12.1. The maximum absolute atomic E-state index is 12.1. The Morgan fingerprint density at radius 3 is 2.68 bits per heavy atom. The van der Waals surface area contributed by atoms with Gasteiger partial charge in [-0.2, -0.15) is 0 Å². The van der Waals surface area contributed by atoms with E-state index in [9.17, 15) is 9.59 Å². The summed E-state index contributed by atoms with van der Waals surface area (Å²) in [4.78, 5) is 23.3. The second-order valence-corrected chi connectivity index (χ2v) is 5.09. The van der Waals surface area contributed by atoms with Crippen LogP contribution in [0, 0.1) is 18.8 Å². The van der Waals surface area contributed by atoms with Crippen LogP contribution in [0.25, 0.3) is 0 Å². The first kappa shape index (κ1) is 13.5. The van der Waals surface area contributed by atoms with E-state index in [0.717, 1.165) is 12.1 Å². The molecule has 19 heavy (non-hydrogen) atoms. The van der Waals surface area contributed by atoms with Crippen molar-refractivity contribution in [2.75, 3.05) is 18.4 Å². The fourth-order valence-electron chi connectivity index (χ4n) is 2.33. The molecule has 2 atom stereocenters. The van der Waals surface area contributed by atoms with Gasteiger partial charge in [0.2, 0.25) is 5.91 Å². The molecule has 1 aromatic carbocycles. The highest BCUT2D eigenvalue weighted by molar-refractivity contribution is 6.01. The number of anilines is 1. The molecule has 0 saturated carbocycles. The molecule has 0 aromatic heterocycles. The molecule has 0 unspecified atom stereocenters. The third-order valence-corrected chi connectivity index (χ3v) is 3.52. The van der Waals surface area contributed by atoms with Crippen molar-refractivity contribution in [3.63, 3.8) is 0 Å². The molecular formula is C14H18N2O3. The standard InChI is InChI=1S/C14H18N2O3/c1-8-3-4-12(10(5-8)14(18)19)16-13(17)11-7-15-6-9(11)2/h3-5,9,11,15H,6-7H2,1-2H3,(H,16,17)(H,18,19)/t9-,11-/m1/s1. The summed E-state index contributed by atoms with van der Waals surface area (Å²) in [6.45, 7) is 5.29. The van der Waals surface area contributed by atoms with Gasteiger partial charge in [-0.1, -0.05) is 18.6 Å². The van der Waals surface area contributed by atoms with E-state index in [4.69, 9.17) is 5.11 Å². The molecule has 1 heterocycles. The molecular weight excluding hydrogens is 244 g/mol. The molecule has 2 rings (SSSR count). The van der Waals surface area contributed by atoms with Crippen molar-refractivity contribution < 1.29 is 14.7 Å². The normalized spacial score (nSPS) is 22.2. The first-order valence-corrected chi connectivity index (χ1v) is 6.34. The van der Waals surface area contributed by atoms with E-state index < -0.39 is 5.97 Å². The summed E-state index contributed by atoms with van der Waals surface area (Å²) in [5.41, 5.74) is 1.35. The molecule has 3 N–H and O–H groups in total. The number of hydrogen-bond acceptors (Lipinski definition) is 3. The predicted molar refractivity (Wildman–Crippen MR) is 72.3 cm³/mol. The Morgan fingerprint density at radius 2 is 2.11 bits per heavy atom. The van der Waals surface area contributed by atoms with Crippen LogP contribution in [0.3, 0.4) is 0 Å². The Balaban J connectivity index is 2.19. The highest BCUT2D eigenvalue weighted by Gasteiger charge is 2.30. The van der Waals surface area contributed by atoms with E-state index in [-0.39, 0.29) is 23.3 Å². The van der Waals surface area contributed by atoms with Gasteiger partial charge in [-0.3, -0.25) is 4.79 Å². The molecule has 0 bridgehead atoms. The molecule has 1 aromatic rings. The SMILES string of the molecule is Cc1ccc(NC(=O)[C@@H]2CNC[C@H]2C)c(C(=O)O)c1. The fourth-order valence-corrected chi connectivity index (χ4v) is 2.33. The Bertz CT molecular complexity index is 513. The lowest BCUT2D eigenvalue weighted by Gasteiger charge is -2.15. The van der Waals surface area contributed by atoms with Crippen LogP contribution in [0.1, 0.15) is 22.8 Å². The number of carbonyl (C=O) groups excluding carboxylic acids is 1. The van der Waals surface area contributed by atoms with Crippen molar-refractivity contribution in [1.29, 1.82) is 0 Å². The van der Waals surface area contributed by atoms with Gasteiger partial charge in [0.25, 0.3) is 0 Å². The van der Waals surface area contributed by atoms with Gasteiger partial charge < -0.3 is 15.7 Å². The number of aryl methyl sites for hydroxylation is 1. The zero-order valence-corrected chi connectivity index (χ0v) is 11.1. The zero-order chi connectivity index (χ0) is 14.0. The monoisotopic (exact) mass is 262 g/mol. The predicted octanol–water partition coefficient (Wildman–Crippen LogP) is 1.49. The van der Waals surface area contributed by atoms with Crippen LogP contribution in [0.5, 0.6) is 0 Å². The molecule has 1 amide bonds. The van der Waals surface area contributed by atoms with Crippen LogP contribution < -0.4 is 10.6 Å². The second-order valence-electron chi connectivity index (χ2n) is 5.09. The third-order valence-electron chi connectivity index (χ3n) is 3.52. The van der Waals surface area contributed by atoms with E-state index in [1.807, 2.05) is 13.8 Å². The topological polar surface area (TPSA) is 78.4 Å². The van der Waals surface area contributed by atoms with Gasteiger partial charge in [0, 0.05) is 6.54 Å². The highest BCUT2D eigenvalue weighted by Crippen LogP contribution is 2.21. The lowest BCUT2D eigenvalue weighted by Crippen LogP contribution is -2.28. The summed E-state index contributed by atoms with van der Waals surface area (Å²) in [7, 11) is 0. The summed E-state index contributed by atoms with van der Waals surface area (Å²) < 4.78 is 0. The molecule has 0 radical (unpaired) electrons. The minimum atomic E-state index is -1.03. The van der Waals surface area contributed by atoms with Crippen molar-refractivity contribution >= 4 is 17.6 Å². The zero-order valence-electron chi connectivity index (χ0n) is 11.1. The third kappa shape index (κ3) is 2.93. The van der Waals surface area contributed by atoms with Gasteiger partial charge in [0.1, 0.15) is 0 Å². The summed E-state index contributed by atoms with van der Waals surface area (Å²) in [5, 5.41) is 15.0. The molecule has 5 heteroatoms. The van der Waals surface area contributed by atoms with Crippen LogP contribution in [0.2, 0.25) is 0 Å². The van der Waals surface area contributed by atoms with Crippen LogP contribution in [-0.2, 0) is 4.79 Å². The lowest BCUT2D eigenvalue weighted by molar-refractivity contribution is -0.120. The average molecular weight is 262 g/mol. The van der Waals surface area contributed by atoms with Gasteiger partial charge in [0.15, 0.2) is 0 Å². The first-order valence-electron chi connectivity index (χ1n) is 6.34. The molecule has 1 saturated heterocycles. The minimum absolute atomic E-state index is 0.108. The van der Waals surface area contributed by atoms with E-state index in [2.05, 4.69) is 10.6 Å². The molecule has 5 nitrogen and oxygen atoms in total. The summed E-state index contributed by atoms with van der Waals surface area (Å²) >= 11 is 0. The number of amides is 1. The Kier molecular flexibility index (Phi) is 3.85. The first-order chi connectivity index (χ1) is 8.99. The number of hydrogen-bond donors (Lipinski definition) is 3. The molecule has 0 aliphatic carbocycles. The number of benzene rings is 1. The van der Waals surface area contributed by atoms with E-state index in [1.54, 1.807) is 18.2 Å². The maximum Gasteiger partial charge on any atom is 0.337 e. The van der Waals surface area contributed by atoms with Crippen molar-refractivity contribution in [1.82, 2.24) is 5.32 Å². The highest BCUT2D eigenvalue weighted by atomic mass is 16.4. The Hall–Kier alpha value is -1.88. The van der Waals surface area contributed by atoms with Crippen LogP contribution in [-0.4, -0.2) is 30.1 Å². The number of aromatic carboxylic acids is 1. The average Bonchev–Trinajstić information content (AvgIpc) is 2.77. The second kappa shape index (κ2) is 5.40. The molecule has 0 spiro atoms. The van der Waals surface area contributed by atoms with E-state index in [1.165, 1.54) is 0 Å². The van der Waals surface area contributed by atoms with Crippen molar-refractivity contribution in [2.24, 2.45) is 11.8 Å². The number of rotatable bonds is 3. The van der Waals surface area contributed by atoms with Gasteiger partial charge >= 0.3 is 5.97 Å². The molecule has 1 aliphatic rings. The number of carbonyl (C=O) groups is 2. The van der Waals surface area contributed by atoms with Crippen LogP contribution >= 0.6 is 0 Å². The van der Waals surface area contributed by atoms with Crippen LogP contribution in [0.15, 0.2) is 18.2 Å². The van der Waals surface area contributed by atoms with Crippen molar-refractivity contribution in [3.8, 4) is 0 Å². The van der Waals surface area contributed by atoms with E-state index in [0.29, 0.717) is 12.2 Å². The largest absolute Gasteiger partial charge is 0.478 e. The number of carboxylic acids is 1. The summed E-state index contributed by atoms with van der Waals surface area (Å²) in [6.07, 6.45) is 0. The Morgan fingerprint density at radius 1 is 1.37 bits per heavy atom. The summed E-state index contributed by atoms with van der Waals surface area (Å²) in [5.74, 6) is -0.998. The number of nitrogens with one attached hydrogen (secondary N) is 2. The van der Waals surface area contributed by atoms with E-state index >= 15 is 0 Å². The van der Waals surface area contributed by atoms with Gasteiger partial charge in [-0.25, -0.2) is 4.79 Å². The fraction of sp³-hybridized carbons (Fsp3) is 0.429. The van der Waals surface area contributed by atoms with Crippen molar-refractivity contribution in [2.45, 2.75) is 13.8 Å². The van der Waals surface area contributed by atoms with Gasteiger partial charge in [-0.15, -0.1) is 0 Å². The lowest BCUT2D eigenvalue weighted by atomic mass is 9.97.